The van der Waals surface area contributed by atoms with Crippen LogP contribution in [0.2, 0.25) is 0 Å². The van der Waals surface area contributed by atoms with E-state index < -0.39 is 6.04 Å². The van der Waals surface area contributed by atoms with Gasteiger partial charge in [0.05, 0.1) is 13.2 Å². The third-order valence-electron chi connectivity index (χ3n) is 5.43. The van der Waals surface area contributed by atoms with Gasteiger partial charge in [-0.1, -0.05) is 55.4 Å². The number of aromatic nitrogens is 2. The lowest BCUT2D eigenvalue weighted by atomic mass is 9.98. The predicted octanol–water partition coefficient (Wildman–Crippen LogP) is 4.15. The molecule has 1 aliphatic heterocycles. The van der Waals surface area contributed by atoms with E-state index in [0.717, 1.165) is 11.1 Å². The predicted molar refractivity (Wildman–Crippen MR) is 116 cm³/mol. The number of morpholine rings is 1. The van der Waals surface area contributed by atoms with Crippen molar-refractivity contribution in [2.45, 2.75) is 32.7 Å². The summed E-state index contributed by atoms with van der Waals surface area (Å²) in [5.41, 5.74) is 3.29. The standard InChI is InChI=1S/C24H27N3O4/c1-16(2)20-10-9-19(13-17(20)3)30-15-22(28)27-11-12-29-14-21(27)24-25-23(26-31-24)18-7-5-4-6-8-18/h4-10,13,16,21H,11-12,14-15H2,1-3H3. The van der Waals surface area contributed by atoms with Crippen LogP contribution in [0.15, 0.2) is 53.1 Å². The van der Waals surface area contributed by atoms with Crippen molar-refractivity contribution in [3.05, 3.63) is 65.5 Å². The highest BCUT2D eigenvalue weighted by atomic mass is 16.5. The zero-order chi connectivity index (χ0) is 21.8. The lowest BCUT2D eigenvalue weighted by Crippen LogP contribution is -2.45. The molecule has 1 aliphatic rings. The monoisotopic (exact) mass is 421 g/mol. The molecule has 1 aromatic heterocycles. The second-order valence-corrected chi connectivity index (χ2v) is 7.96. The van der Waals surface area contributed by atoms with Gasteiger partial charge in [0.15, 0.2) is 6.61 Å². The molecular weight excluding hydrogens is 394 g/mol. The molecule has 1 amide bonds. The number of hydrogen-bond acceptors (Lipinski definition) is 6. The van der Waals surface area contributed by atoms with Crippen LogP contribution in [0.3, 0.4) is 0 Å². The molecule has 2 aromatic carbocycles. The van der Waals surface area contributed by atoms with Gasteiger partial charge in [-0.3, -0.25) is 4.79 Å². The molecular formula is C24H27N3O4. The summed E-state index contributed by atoms with van der Waals surface area (Å²) in [7, 11) is 0. The van der Waals surface area contributed by atoms with Crippen LogP contribution in [0, 0.1) is 6.92 Å². The maximum absolute atomic E-state index is 12.9. The Morgan fingerprint density at radius 2 is 2.03 bits per heavy atom. The van der Waals surface area contributed by atoms with Crippen LogP contribution in [0.5, 0.6) is 5.75 Å². The first-order valence-corrected chi connectivity index (χ1v) is 10.5. The number of nitrogens with zero attached hydrogens (tertiary/aromatic N) is 3. The number of carbonyl (C=O) groups is 1. The Labute approximate surface area is 182 Å². The molecule has 0 radical (unpaired) electrons. The van der Waals surface area contributed by atoms with E-state index in [1.165, 1.54) is 5.56 Å². The van der Waals surface area contributed by atoms with E-state index in [2.05, 4.69) is 37.0 Å². The van der Waals surface area contributed by atoms with Crippen LogP contribution in [-0.2, 0) is 9.53 Å². The fourth-order valence-electron chi connectivity index (χ4n) is 3.80. The molecule has 3 aromatic rings. The second-order valence-electron chi connectivity index (χ2n) is 7.96. The highest BCUT2D eigenvalue weighted by molar-refractivity contribution is 5.78. The molecule has 2 heterocycles. The van der Waals surface area contributed by atoms with Crippen LogP contribution in [-0.4, -0.2) is 47.3 Å². The minimum Gasteiger partial charge on any atom is -0.484 e. The summed E-state index contributed by atoms with van der Waals surface area (Å²) in [5, 5.41) is 4.07. The molecule has 7 nitrogen and oxygen atoms in total. The van der Waals surface area contributed by atoms with Gasteiger partial charge in [-0.15, -0.1) is 0 Å². The van der Waals surface area contributed by atoms with Crippen molar-refractivity contribution in [1.82, 2.24) is 15.0 Å². The molecule has 162 valence electrons. The maximum atomic E-state index is 12.9. The Kier molecular flexibility index (Phi) is 6.32. The first-order valence-electron chi connectivity index (χ1n) is 10.5. The number of benzene rings is 2. The number of hydrogen-bond donors (Lipinski definition) is 0. The van der Waals surface area contributed by atoms with Gasteiger partial charge >= 0.3 is 0 Å². The van der Waals surface area contributed by atoms with E-state index in [9.17, 15) is 4.79 Å². The molecule has 1 atom stereocenters. The van der Waals surface area contributed by atoms with E-state index >= 15 is 0 Å². The Hall–Kier alpha value is -3.19. The molecule has 4 rings (SSSR count). The quantitative estimate of drug-likeness (QED) is 0.595. The largest absolute Gasteiger partial charge is 0.484 e. The minimum atomic E-state index is -0.431. The second kappa shape index (κ2) is 9.31. The fourth-order valence-corrected chi connectivity index (χ4v) is 3.80. The van der Waals surface area contributed by atoms with Crippen molar-refractivity contribution in [3.63, 3.8) is 0 Å². The molecule has 0 spiro atoms. The highest BCUT2D eigenvalue weighted by Crippen LogP contribution is 2.27. The third kappa shape index (κ3) is 4.77. The summed E-state index contributed by atoms with van der Waals surface area (Å²) in [6, 6.07) is 15.1. The topological polar surface area (TPSA) is 77.7 Å². The van der Waals surface area contributed by atoms with Crippen LogP contribution >= 0.6 is 0 Å². The molecule has 0 aliphatic carbocycles. The zero-order valence-corrected chi connectivity index (χ0v) is 18.1. The summed E-state index contributed by atoms with van der Waals surface area (Å²) in [6.45, 7) is 7.53. The zero-order valence-electron chi connectivity index (χ0n) is 18.1. The van der Waals surface area contributed by atoms with E-state index in [1.54, 1.807) is 4.90 Å². The summed E-state index contributed by atoms with van der Waals surface area (Å²) in [5.74, 6) is 1.84. The highest BCUT2D eigenvalue weighted by Gasteiger charge is 2.33. The van der Waals surface area contributed by atoms with Crippen molar-refractivity contribution >= 4 is 5.91 Å². The van der Waals surface area contributed by atoms with Gasteiger partial charge < -0.3 is 18.9 Å². The normalized spacial score (nSPS) is 16.5. The van der Waals surface area contributed by atoms with E-state index in [0.29, 0.717) is 43.1 Å². The molecule has 7 heteroatoms. The van der Waals surface area contributed by atoms with E-state index in [4.69, 9.17) is 14.0 Å². The minimum absolute atomic E-state index is 0.0589. The third-order valence-corrected chi connectivity index (χ3v) is 5.43. The van der Waals surface area contributed by atoms with Gasteiger partial charge in [-0.2, -0.15) is 4.98 Å². The SMILES string of the molecule is Cc1cc(OCC(=O)N2CCOCC2c2nc(-c3ccccc3)no2)ccc1C(C)C. The first kappa shape index (κ1) is 21.1. The Morgan fingerprint density at radius 1 is 1.23 bits per heavy atom. The number of aryl methyl sites for hydroxylation is 1. The molecule has 1 unspecified atom stereocenters. The Morgan fingerprint density at radius 3 is 2.77 bits per heavy atom. The van der Waals surface area contributed by atoms with Crippen molar-refractivity contribution in [2.75, 3.05) is 26.4 Å². The van der Waals surface area contributed by atoms with Crippen molar-refractivity contribution in [1.29, 1.82) is 0 Å². The van der Waals surface area contributed by atoms with Crippen molar-refractivity contribution < 1.29 is 18.8 Å². The molecule has 1 saturated heterocycles. The molecule has 0 N–H and O–H groups in total. The van der Waals surface area contributed by atoms with E-state index in [-0.39, 0.29) is 12.5 Å². The van der Waals surface area contributed by atoms with Gasteiger partial charge in [0.1, 0.15) is 11.8 Å². The van der Waals surface area contributed by atoms with Crippen molar-refractivity contribution in [3.8, 4) is 17.1 Å². The number of amides is 1. The van der Waals surface area contributed by atoms with Gasteiger partial charge in [0.2, 0.25) is 5.82 Å². The van der Waals surface area contributed by atoms with Gasteiger partial charge in [-0.05, 0) is 36.1 Å². The maximum Gasteiger partial charge on any atom is 0.261 e. The average molecular weight is 421 g/mol. The summed E-state index contributed by atoms with van der Waals surface area (Å²) in [4.78, 5) is 19.1. The summed E-state index contributed by atoms with van der Waals surface area (Å²) >= 11 is 0. The lowest BCUT2D eigenvalue weighted by Gasteiger charge is -2.33. The summed E-state index contributed by atoms with van der Waals surface area (Å²) in [6.07, 6.45) is 0. The molecule has 31 heavy (non-hydrogen) atoms. The van der Waals surface area contributed by atoms with Crippen LogP contribution in [0.25, 0.3) is 11.4 Å². The van der Waals surface area contributed by atoms with Crippen LogP contribution in [0.4, 0.5) is 0 Å². The van der Waals surface area contributed by atoms with Crippen LogP contribution in [0.1, 0.15) is 42.8 Å². The number of carbonyl (C=O) groups excluding carboxylic acids is 1. The first-order chi connectivity index (χ1) is 15.0. The fraction of sp³-hybridized carbons (Fsp3) is 0.375. The molecule has 1 fully saturated rings. The average Bonchev–Trinajstić information content (AvgIpc) is 3.28. The van der Waals surface area contributed by atoms with Gasteiger partial charge in [0.25, 0.3) is 11.8 Å². The molecule has 0 saturated carbocycles. The van der Waals surface area contributed by atoms with Gasteiger partial charge in [-0.25, -0.2) is 0 Å². The smallest absolute Gasteiger partial charge is 0.261 e. The number of ether oxygens (including phenoxy) is 2. The Balaban J connectivity index is 1.44. The summed E-state index contributed by atoms with van der Waals surface area (Å²) < 4.78 is 16.9. The van der Waals surface area contributed by atoms with E-state index in [1.807, 2.05) is 42.5 Å². The Bertz CT molecular complexity index is 1030. The lowest BCUT2D eigenvalue weighted by molar-refractivity contribution is -0.143. The van der Waals surface area contributed by atoms with Crippen LogP contribution < -0.4 is 4.74 Å². The molecule has 0 bridgehead atoms. The van der Waals surface area contributed by atoms with Gasteiger partial charge in [0, 0.05) is 12.1 Å². The number of rotatable bonds is 6. The van der Waals surface area contributed by atoms with Crippen molar-refractivity contribution in [2.24, 2.45) is 0 Å².